The van der Waals surface area contributed by atoms with E-state index in [2.05, 4.69) is 20.9 Å². The highest BCUT2D eigenvalue weighted by Crippen LogP contribution is 2.29. The molecule has 0 aliphatic heterocycles. The molecule has 0 amide bonds. The van der Waals surface area contributed by atoms with E-state index in [0.717, 1.165) is 15.6 Å². The lowest BCUT2D eigenvalue weighted by Crippen LogP contribution is -2.01. The predicted molar refractivity (Wildman–Crippen MR) is 74.9 cm³/mol. The van der Waals surface area contributed by atoms with Crippen LogP contribution in [0, 0.1) is 13.8 Å². The maximum Gasteiger partial charge on any atom is 0.341 e. The minimum Gasteiger partial charge on any atom is -0.477 e. The Morgan fingerprint density at radius 1 is 1.32 bits per heavy atom. The largest absolute Gasteiger partial charge is 0.477 e. The summed E-state index contributed by atoms with van der Waals surface area (Å²) in [6, 6.07) is 6.69. The summed E-state index contributed by atoms with van der Waals surface area (Å²) in [6.07, 6.45) is 1.50. The molecule has 0 bridgehead atoms. The van der Waals surface area contributed by atoms with E-state index in [1.807, 2.05) is 26.0 Å². The van der Waals surface area contributed by atoms with Crippen molar-refractivity contribution < 1.29 is 14.6 Å². The van der Waals surface area contributed by atoms with Gasteiger partial charge in [0, 0.05) is 10.7 Å². The van der Waals surface area contributed by atoms with Crippen LogP contribution in [0.2, 0.25) is 0 Å². The summed E-state index contributed by atoms with van der Waals surface area (Å²) in [5.74, 6) is -0.399. The molecule has 1 heterocycles. The van der Waals surface area contributed by atoms with Gasteiger partial charge >= 0.3 is 5.97 Å². The van der Waals surface area contributed by atoms with Crippen LogP contribution in [0.1, 0.15) is 21.5 Å². The second-order valence-corrected chi connectivity index (χ2v) is 4.93. The minimum absolute atomic E-state index is 0.0423. The SMILES string of the molecule is Cc1cc(Oc2ncccc2C(=O)O)cc(C)c1Br. The van der Waals surface area contributed by atoms with E-state index in [1.165, 1.54) is 12.3 Å². The molecule has 2 rings (SSSR count). The Balaban J connectivity index is 2.39. The number of benzene rings is 1. The smallest absolute Gasteiger partial charge is 0.341 e. The Morgan fingerprint density at radius 3 is 2.53 bits per heavy atom. The van der Waals surface area contributed by atoms with Crippen LogP contribution in [0.5, 0.6) is 11.6 Å². The van der Waals surface area contributed by atoms with E-state index in [1.54, 1.807) is 6.07 Å². The third-order valence-electron chi connectivity index (χ3n) is 2.63. The molecule has 98 valence electrons. The van der Waals surface area contributed by atoms with E-state index < -0.39 is 5.97 Å². The molecule has 0 unspecified atom stereocenters. The van der Waals surface area contributed by atoms with Gasteiger partial charge in [-0.25, -0.2) is 9.78 Å². The number of carboxylic acid groups (broad SMARTS) is 1. The number of hydrogen-bond donors (Lipinski definition) is 1. The molecule has 2 aromatic rings. The van der Waals surface area contributed by atoms with Gasteiger partial charge in [0.25, 0.3) is 0 Å². The van der Waals surface area contributed by atoms with E-state index >= 15 is 0 Å². The van der Waals surface area contributed by atoms with E-state index in [9.17, 15) is 4.79 Å². The molecule has 0 aliphatic rings. The van der Waals surface area contributed by atoms with E-state index in [0.29, 0.717) is 5.75 Å². The van der Waals surface area contributed by atoms with Crippen LogP contribution >= 0.6 is 15.9 Å². The van der Waals surface area contributed by atoms with Gasteiger partial charge in [0.05, 0.1) is 0 Å². The van der Waals surface area contributed by atoms with Crippen LogP contribution in [0.3, 0.4) is 0 Å². The van der Waals surface area contributed by atoms with Crippen molar-refractivity contribution in [1.82, 2.24) is 4.98 Å². The average molecular weight is 322 g/mol. The zero-order valence-corrected chi connectivity index (χ0v) is 12.1. The number of carboxylic acids is 1. The molecule has 4 nitrogen and oxygen atoms in total. The Morgan fingerprint density at radius 2 is 1.95 bits per heavy atom. The lowest BCUT2D eigenvalue weighted by atomic mass is 10.1. The van der Waals surface area contributed by atoms with Crippen molar-refractivity contribution in [2.24, 2.45) is 0 Å². The van der Waals surface area contributed by atoms with Crippen molar-refractivity contribution >= 4 is 21.9 Å². The highest BCUT2D eigenvalue weighted by atomic mass is 79.9. The number of hydrogen-bond acceptors (Lipinski definition) is 3. The van der Waals surface area contributed by atoms with Crippen molar-refractivity contribution in [3.8, 4) is 11.6 Å². The van der Waals surface area contributed by atoms with Crippen molar-refractivity contribution in [3.05, 3.63) is 51.6 Å². The van der Waals surface area contributed by atoms with Crippen molar-refractivity contribution in [3.63, 3.8) is 0 Å². The normalized spacial score (nSPS) is 10.3. The number of nitrogens with zero attached hydrogens (tertiary/aromatic N) is 1. The Labute approximate surface area is 119 Å². The molecule has 1 aromatic heterocycles. The first kappa shape index (κ1) is 13.5. The lowest BCUT2D eigenvalue weighted by Gasteiger charge is -2.10. The van der Waals surface area contributed by atoms with Crippen LogP contribution in [0.15, 0.2) is 34.9 Å². The molecular weight excluding hydrogens is 310 g/mol. The van der Waals surface area contributed by atoms with Gasteiger partial charge < -0.3 is 9.84 Å². The molecule has 0 spiro atoms. The Hall–Kier alpha value is -1.88. The summed E-state index contributed by atoms with van der Waals surface area (Å²) in [7, 11) is 0. The second kappa shape index (κ2) is 5.40. The predicted octanol–water partition coefficient (Wildman–Crippen LogP) is 3.95. The van der Waals surface area contributed by atoms with Gasteiger partial charge in [-0.1, -0.05) is 15.9 Å². The fraction of sp³-hybridized carbons (Fsp3) is 0.143. The fourth-order valence-corrected chi connectivity index (χ4v) is 1.94. The fourth-order valence-electron chi connectivity index (χ4n) is 1.71. The van der Waals surface area contributed by atoms with Crippen LogP contribution in [0.4, 0.5) is 0 Å². The van der Waals surface area contributed by atoms with Crippen LogP contribution in [-0.4, -0.2) is 16.1 Å². The minimum atomic E-state index is -1.06. The molecule has 0 atom stereocenters. The highest BCUT2D eigenvalue weighted by molar-refractivity contribution is 9.10. The Bertz CT molecular complexity index is 617. The number of aryl methyl sites for hydroxylation is 2. The van der Waals surface area contributed by atoms with Gasteiger partial charge in [0.15, 0.2) is 0 Å². The summed E-state index contributed by atoms with van der Waals surface area (Å²) in [6.45, 7) is 3.89. The third-order valence-corrected chi connectivity index (χ3v) is 3.88. The number of aromatic nitrogens is 1. The summed E-state index contributed by atoms with van der Waals surface area (Å²) in [4.78, 5) is 15.0. The molecule has 0 aliphatic carbocycles. The van der Waals surface area contributed by atoms with Crippen molar-refractivity contribution in [2.75, 3.05) is 0 Å². The molecule has 0 fully saturated rings. The quantitative estimate of drug-likeness (QED) is 0.929. The van der Waals surface area contributed by atoms with E-state index in [4.69, 9.17) is 9.84 Å². The standard InChI is InChI=1S/C14H12BrNO3/c1-8-6-10(7-9(2)12(8)15)19-13-11(14(17)18)4-3-5-16-13/h3-7H,1-2H3,(H,17,18). The maximum absolute atomic E-state index is 11.1. The topological polar surface area (TPSA) is 59.4 Å². The molecule has 5 heteroatoms. The second-order valence-electron chi connectivity index (χ2n) is 4.13. The molecule has 1 N–H and O–H groups in total. The van der Waals surface area contributed by atoms with Crippen LogP contribution < -0.4 is 4.74 Å². The zero-order chi connectivity index (χ0) is 14.0. The number of ether oxygens (including phenoxy) is 1. The van der Waals surface area contributed by atoms with Gasteiger partial charge in [0.2, 0.25) is 5.88 Å². The third kappa shape index (κ3) is 2.93. The number of rotatable bonds is 3. The van der Waals surface area contributed by atoms with E-state index in [-0.39, 0.29) is 11.4 Å². The zero-order valence-electron chi connectivity index (χ0n) is 10.5. The summed E-state index contributed by atoms with van der Waals surface area (Å²) in [5, 5.41) is 9.07. The number of aromatic carboxylic acids is 1. The summed E-state index contributed by atoms with van der Waals surface area (Å²) in [5.41, 5.74) is 2.08. The molecule has 1 aromatic carbocycles. The van der Waals surface area contributed by atoms with Crippen molar-refractivity contribution in [1.29, 1.82) is 0 Å². The number of carbonyl (C=O) groups is 1. The van der Waals surface area contributed by atoms with Gasteiger partial charge in [-0.2, -0.15) is 0 Å². The maximum atomic E-state index is 11.1. The molecule has 19 heavy (non-hydrogen) atoms. The number of halogens is 1. The lowest BCUT2D eigenvalue weighted by molar-refractivity contribution is 0.0693. The van der Waals surface area contributed by atoms with Gasteiger partial charge in [-0.05, 0) is 49.2 Å². The molecule has 0 saturated heterocycles. The first-order valence-electron chi connectivity index (χ1n) is 5.62. The first-order valence-corrected chi connectivity index (χ1v) is 6.41. The Kier molecular flexibility index (Phi) is 3.85. The van der Waals surface area contributed by atoms with Crippen LogP contribution in [0.25, 0.3) is 0 Å². The molecule has 0 saturated carbocycles. The number of pyridine rings is 1. The highest BCUT2D eigenvalue weighted by Gasteiger charge is 2.13. The average Bonchev–Trinajstić information content (AvgIpc) is 2.36. The van der Waals surface area contributed by atoms with Gasteiger partial charge in [0.1, 0.15) is 11.3 Å². The molecule has 0 radical (unpaired) electrons. The van der Waals surface area contributed by atoms with Crippen molar-refractivity contribution in [2.45, 2.75) is 13.8 Å². The summed E-state index contributed by atoms with van der Waals surface area (Å²) < 4.78 is 6.59. The monoisotopic (exact) mass is 321 g/mol. The summed E-state index contributed by atoms with van der Waals surface area (Å²) >= 11 is 3.47. The van der Waals surface area contributed by atoms with Gasteiger partial charge in [-0.3, -0.25) is 0 Å². The first-order chi connectivity index (χ1) is 8.99. The van der Waals surface area contributed by atoms with Gasteiger partial charge in [-0.15, -0.1) is 0 Å². The molecular formula is C14H12BrNO3. The van der Waals surface area contributed by atoms with Crippen LogP contribution in [-0.2, 0) is 0 Å².